The van der Waals surface area contributed by atoms with Gasteiger partial charge in [-0.3, -0.25) is 5.10 Å². The molecule has 5 rings (SSSR count). The molecule has 1 atom stereocenters. The zero-order chi connectivity index (χ0) is 18.9. The summed E-state index contributed by atoms with van der Waals surface area (Å²) < 4.78 is 0. The second-order valence-corrected chi connectivity index (χ2v) is 7.13. The van der Waals surface area contributed by atoms with Crippen LogP contribution in [0.3, 0.4) is 0 Å². The smallest absolute Gasteiger partial charge is 0.225 e. The topological polar surface area (TPSA) is 107 Å². The number of pyridine rings is 1. The Hall–Kier alpha value is -3.42. The van der Waals surface area contributed by atoms with Crippen molar-refractivity contribution < 1.29 is 0 Å². The summed E-state index contributed by atoms with van der Waals surface area (Å²) >= 11 is 0. The number of aromatic nitrogens is 6. The molecule has 0 aliphatic heterocycles. The number of aromatic amines is 2. The fraction of sp³-hybridized carbons (Fsp3) is 0.300. The fourth-order valence-electron chi connectivity index (χ4n) is 3.32. The van der Waals surface area contributed by atoms with Gasteiger partial charge in [0.15, 0.2) is 5.82 Å². The van der Waals surface area contributed by atoms with E-state index < -0.39 is 0 Å². The maximum Gasteiger partial charge on any atom is 0.225 e. The van der Waals surface area contributed by atoms with Crippen molar-refractivity contribution >= 4 is 28.6 Å². The number of hydrogen-bond donors (Lipinski definition) is 4. The first-order valence-electron chi connectivity index (χ1n) is 9.64. The first-order valence-corrected chi connectivity index (χ1v) is 9.64. The van der Waals surface area contributed by atoms with Crippen molar-refractivity contribution in [3.63, 3.8) is 0 Å². The van der Waals surface area contributed by atoms with E-state index in [9.17, 15) is 0 Å². The molecule has 1 aliphatic carbocycles. The molecule has 8 heteroatoms. The fourth-order valence-corrected chi connectivity index (χ4v) is 3.32. The first-order chi connectivity index (χ1) is 13.8. The van der Waals surface area contributed by atoms with E-state index in [1.807, 2.05) is 24.4 Å². The zero-order valence-electron chi connectivity index (χ0n) is 15.6. The van der Waals surface area contributed by atoms with E-state index >= 15 is 0 Å². The minimum absolute atomic E-state index is 0.0291. The Bertz CT molecular complexity index is 1090. The summed E-state index contributed by atoms with van der Waals surface area (Å²) in [6.45, 7) is 2.12. The molecule has 28 heavy (non-hydrogen) atoms. The van der Waals surface area contributed by atoms with E-state index in [-0.39, 0.29) is 6.04 Å². The molecule has 142 valence electrons. The van der Waals surface area contributed by atoms with Crippen molar-refractivity contribution in [1.82, 2.24) is 30.1 Å². The average molecular weight is 374 g/mol. The largest absolute Gasteiger partial charge is 0.360 e. The molecule has 0 bridgehead atoms. The number of anilines is 3. The van der Waals surface area contributed by atoms with E-state index in [0.29, 0.717) is 17.7 Å². The highest BCUT2D eigenvalue weighted by Crippen LogP contribution is 2.39. The van der Waals surface area contributed by atoms with Crippen LogP contribution >= 0.6 is 0 Å². The van der Waals surface area contributed by atoms with Crippen LogP contribution in [-0.4, -0.2) is 30.1 Å². The van der Waals surface area contributed by atoms with Crippen molar-refractivity contribution in [2.45, 2.75) is 38.1 Å². The van der Waals surface area contributed by atoms with Gasteiger partial charge in [0.05, 0.1) is 22.8 Å². The molecule has 4 N–H and O–H groups in total. The van der Waals surface area contributed by atoms with Gasteiger partial charge in [0, 0.05) is 30.1 Å². The Labute approximate surface area is 162 Å². The molecular weight excluding hydrogens is 352 g/mol. The number of nitrogens with zero attached hydrogens (tertiary/aromatic N) is 4. The van der Waals surface area contributed by atoms with Gasteiger partial charge in [-0.2, -0.15) is 10.1 Å². The molecular formula is C20H22N8. The molecule has 0 amide bonds. The SMILES string of the molecule is CC[C@H](Nc1nccc(Nc2cc(C3CC3)[nH]n2)n1)c1ccc2[nH]ccc2n1. The van der Waals surface area contributed by atoms with Crippen LogP contribution in [0.25, 0.3) is 11.0 Å². The molecule has 4 aromatic rings. The van der Waals surface area contributed by atoms with Gasteiger partial charge in [0.25, 0.3) is 0 Å². The Morgan fingerprint density at radius 1 is 1.14 bits per heavy atom. The molecule has 0 spiro atoms. The van der Waals surface area contributed by atoms with Crippen LogP contribution in [0.5, 0.6) is 0 Å². The second kappa shape index (κ2) is 6.95. The highest BCUT2D eigenvalue weighted by atomic mass is 15.2. The van der Waals surface area contributed by atoms with Gasteiger partial charge >= 0.3 is 0 Å². The van der Waals surface area contributed by atoms with Crippen LogP contribution in [0.4, 0.5) is 17.6 Å². The van der Waals surface area contributed by atoms with Gasteiger partial charge in [-0.1, -0.05) is 6.92 Å². The molecule has 0 aromatic carbocycles. The third kappa shape index (κ3) is 3.40. The molecule has 8 nitrogen and oxygen atoms in total. The van der Waals surface area contributed by atoms with Crippen LogP contribution < -0.4 is 10.6 Å². The molecule has 0 saturated heterocycles. The Morgan fingerprint density at radius 2 is 2.07 bits per heavy atom. The third-order valence-corrected chi connectivity index (χ3v) is 5.02. The Balaban J connectivity index is 1.32. The standard InChI is InChI=1S/C20H22N8/c1-2-13(15-6-5-14-16(23-15)7-9-21-14)24-20-22-10-8-18(26-20)25-19-11-17(27-28-19)12-3-4-12/h5-13,21H,2-4H2,1H3,(H3,22,24,25,26,27,28)/t13-/m0/s1. The lowest BCUT2D eigenvalue weighted by molar-refractivity contribution is 0.717. The Kier molecular flexibility index (Phi) is 4.16. The molecule has 0 unspecified atom stereocenters. The lowest BCUT2D eigenvalue weighted by Crippen LogP contribution is -2.13. The van der Waals surface area contributed by atoms with Gasteiger partial charge in [-0.15, -0.1) is 0 Å². The summed E-state index contributed by atoms with van der Waals surface area (Å²) in [4.78, 5) is 16.9. The molecule has 1 aliphatic rings. The number of H-pyrrole nitrogens is 2. The van der Waals surface area contributed by atoms with Crippen LogP contribution in [0, 0.1) is 0 Å². The summed E-state index contributed by atoms with van der Waals surface area (Å²) in [5.74, 6) is 2.68. The minimum Gasteiger partial charge on any atom is -0.360 e. The summed E-state index contributed by atoms with van der Waals surface area (Å²) in [6.07, 6.45) is 6.99. The minimum atomic E-state index is 0.0291. The summed E-state index contributed by atoms with van der Waals surface area (Å²) in [7, 11) is 0. The lowest BCUT2D eigenvalue weighted by atomic mass is 10.1. The van der Waals surface area contributed by atoms with Gasteiger partial charge in [0.2, 0.25) is 5.95 Å². The quantitative estimate of drug-likeness (QED) is 0.385. The molecule has 0 radical (unpaired) electrons. The third-order valence-electron chi connectivity index (χ3n) is 5.02. The molecule has 1 saturated carbocycles. The van der Waals surface area contributed by atoms with E-state index in [0.717, 1.165) is 29.0 Å². The highest BCUT2D eigenvalue weighted by Gasteiger charge is 2.25. The van der Waals surface area contributed by atoms with Crippen molar-refractivity contribution in [3.05, 3.63) is 54.1 Å². The number of hydrogen-bond acceptors (Lipinski definition) is 6. The maximum absolute atomic E-state index is 4.74. The van der Waals surface area contributed by atoms with Gasteiger partial charge in [-0.25, -0.2) is 9.97 Å². The second-order valence-electron chi connectivity index (χ2n) is 7.13. The van der Waals surface area contributed by atoms with E-state index in [1.165, 1.54) is 18.5 Å². The summed E-state index contributed by atoms with van der Waals surface area (Å²) in [6, 6.07) is 9.98. The maximum atomic E-state index is 4.74. The van der Waals surface area contributed by atoms with Crippen LogP contribution in [-0.2, 0) is 0 Å². The first kappa shape index (κ1) is 16.7. The van der Waals surface area contributed by atoms with Gasteiger partial charge < -0.3 is 15.6 Å². The van der Waals surface area contributed by atoms with Crippen molar-refractivity contribution in [1.29, 1.82) is 0 Å². The highest BCUT2D eigenvalue weighted by molar-refractivity contribution is 5.74. The van der Waals surface area contributed by atoms with Crippen LogP contribution in [0.15, 0.2) is 42.7 Å². The van der Waals surface area contributed by atoms with E-state index in [2.05, 4.69) is 54.8 Å². The van der Waals surface area contributed by atoms with Gasteiger partial charge in [0.1, 0.15) is 5.82 Å². The normalized spacial score (nSPS) is 14.9. The predicted octanol–water partition coefficient (Wildman–Crippen LogP) is 4.26. The number of fused-ring (bicyclic) bond motifs is 1. The zero-order valence-corrected chi connectivity index (χ0v) is 15.6. The van der Waals surface area contributed by atoms with Crippen molar-refractivity contribution in [2.75, 3.05) is 10.6 Å². The number of nitrogens with one attached hydrogen (secondary N) is 4. The van der Waals surface area contributed by atoms with Gasteiger partial charge in [-0.05, 0) is 43.5 Å². The van der Waals surface area contributed by atoms with Crippen molar-refractivity contribution in [2.24, 2.45) is 0 Å². The van der Waals surface area contributed by atoms with Crippen LogP contribution in [0.1, 0.15) is 49.5 Å². The Morgan fingerprint density at radius 3 is 2.93 bits per heavy atom. The predicted molar refractivity (Wildman–Crippen MR) is 109 cm³/mol. The van der Waals surface area contributed by atoms with Crippen LogP contribution in [0.2, 0.25) is 0 Å². The molecule has 4 heterocycles. The molecule has 4 aromatic heterocycles. The molecule has 1 fully saturated rings. The lowest BCUT2D eigenvalue weighted by Gasteiger charge is -2.17. The summed E-state index contributed by atoms with van der Waals surface area (Å²) in [5, 5.41) is 14.1. The monoisotopic (exact) mass is 374 g/mol. The average Bonchev–Trinajstić information content (AvgIpc) is 3.28. The van der Waals surface area contributed by atoms with E-state index in [1.54, 1.807) is 6.20 Å². The summed E-state index contributed by atoms with van der Waals surface area (Å²) in [5.41, 5.74) is 4.15. The van der Waals surface area contributed by atoms with Crippen molar-refractivity contribution in [3.8, 4) is 0 Å². The number of rotatable bonds is 7. The van der Waals surface area contributed by atoms with E-state index in [4.69, 9.17) is 4.98 Å².